The molecule has 0 bridgehead atoms. The van der Waals surface area contributed by atoms with Gasteiger partial charge in [0.2, 0.25) is 11.8 Å². The Bertz CT molecular complexity index is 1010. The number of esters is 2. The number of benzene rings is 1. The fourth-order valence-corrected chi connectivity index (χ4v) is 4.11. The van der Waals surface area contributed by atoms with Gasteiger partial charge in [0.1, 0.15) is 5.82 Å². The van der Waals surface area contributed by atoms with Crippen LogP contribution in [-0.4, -0.2) is 60.5 Å². The molecular formula is C23H28N4O7. The van der Waals surface area contributed by atoms with E-state index in [4.69, 9.17) is 24.8 Å². The summed E-state index contributed by atoms with van der Waals surface area (Å²) in [6.45, 7) is 3.85. The summed E-state index contributed by atoms with van der Waals surface area (Å²) >= 11 is 0. The molecule has 1 aromatic carbocycles. The highest BCUT2D eigenvalue weighted by atomic mass is 16.7. The number of carbonyl (C=O) groups excluding carboxylic acids is 3. The zero-order chi connectivity index (χ0) is 24.5. The highest BCUT2D eigenvalue weighted by Crippen LogP contribution is 2.36. The summed E-state index contributed by atoms with van der Waals surface area (Å²) in [4.78, 5) is 46.8. The van der Waals surface area contributed by atoms with Gasteiger partial charge in [0.25, 0.3) is 5.79 Å². The van der Waals surface area contributed by atoms with Crippen molar-refractivity contribution in [2.24, 2.45) is 11.7 Å². The third kappa shape index (κ3) is 4.65. The Morgan fingerprint density at radius 2 is 1.74 bits per heavy atom. The molecule has 2 N–H and O–H groups in total. The van der Waals surface area contributed by atoms with E-state index in [0.717, 1.165) is 0 Å². The number of hydrogen-bond acceptors (Lipinski definition) is 10. The molecule has 0 radical (unpaired) electrons. The molecule has 4 rings (SSSR count). The second-order valence-electron chi connectivity index (χ2n) is 8.55. The van der Waals surface area contributed by atoms with Gasteiger partial charge in [-0.15, -0.1) is 0 Å². The summed E-state index contributed by atoms with van der Waals surface area (Å²) in [5, 5.41) is 1.47. The number of nitrogens with two attached hydrogens (primary N) is 1. The molecule has 2 saturated heterocycles. The minimum atomic E-state index is -1.39. The third-order valence-corrected chi connectivity index (χ3v) is 5.78. The van der Waals surface area contributed by atoms with Gasteiger partial charge < -0.3 is 24.8 Å². The average molecular weight is 472 g/mol. The van der Waals surface area contributed by atoms with Crippen LogP contribution in [0, 0.1) is 5.92 Å². The van der Waals surface area contributed by atoms with Crippen LogP contribution in [0.4, 0.5) is 5.69 Å². The quantitative estimate of drug-likeness (QED) is 0.369. The van der Waals surface area contributed by atoms with Crippen molar-refractivity contribution in [1.29, 1.82) is 0 Å². The third-order valence-electron chi connectivity index (χ3n) is 5.78. The molecule has 0 aromatic heterocycles. The van der Waals surface area contributed by atoms with Crippen LogP contribution in [0.2, 0.25) is 0 Å². The largest absolute Gasteiger partial charge is 0.454 e. The lowest BCUT2D eigenvalue weighted by molar-refractivity contribution is -0.222. The normalized spacial score (nSPS) is 20.3. The van der Waals surface area contributed by atoms with Crippen molar-refractivity contribution in [3.8, 4) is 0 Å². The van der Waals surface area contributed by atoms with Crippen LogP contribution >= 0.6 is 0 Å². The first-order valence-electron chi connectivity index (χ1n) is 11.0. The molecule has 3 aliphatic heterocycles. The minimum Gasteiger partial charge on any atom is -0.454 e. The Labute approximate surface area is 197 Å². The standard InChI is InChI=1S/C23H28N4O7/c1-23(2)33-21(29)18(22(30)34-23)20(25-11-9-15(10-12-25)19(24)28)27(16-7-5-4-6-8-16)17-13-26(31-3)14-32-17/h4-8,13,15H,9-12,14H2,1-3H3,(H2,24,28). The Morgan fingerprint density at radius 1 is 1.12 bits per heavy atom. The van der Waals surface area contributed by atoms with Gasteiger partial charge in [0.15, 0.2) is 12.3 Å². The van der Waals surface area contributed by atoms with Crippen LogP contribution in [0.5, 0.6) is 0 Å². The molecule has 0 saturated carbocycles. The van der Waals surface area contributed by atoms with Gasteiger partial charge in [-0.25, -0.2) is 14.7 Å². The van der Waals surface area contributed by atoms with Crippen LogP contribution in [0.1, 0.15) is 26.7 Å². The van der Waals surface area contributed by atoms with Crippen molar-refractivity contribution in [2.75, 3.05) is 31.8 Å². The summed E-state index contributed by atoms with van der Waals surface area (Å²) in [7, 11) is 1.50. The molecule has 0 unspecified atom stereocenters. The molecule has 2 fully saturated rings. The molecule has 3 aliphatic rings. The van der Waals surface area contributed by atoms with Crippen LogP contribution < -0.4 is 10.6 Å². The summed E-state index contributed by atoms with van der Waals surface area (Å²) in [6, 6.07) is 9.14. The molecule has 0 aliphatic carbocycles. The molecule has 0 atom stereocenters. The maximum atomic E-state index is 13.1. The fraction of sp³-hybridized carbons (Fsp3) is 0.435. The number of cyclic esters (lactones) is 2. The summed E-state index contributed by atoms with van der Waals surface area (Å²) in [6.07, 6.45) is 2.55. The Kier molecular flexibility index (Phi) is 6.38. The van der Waals surface area contributed by atoms with Crippen molar-refractivity contribution < 1.29 is 33.4 Å². The van der Waals surface area contributed by atoms with Crippen molar-refractivity contribution >= 4 is 23.5 Å². The molecule has 11 nitrogen and oxygen atoms in total. The van der Waals surface area contributed by atoms with Gasteiger partial charge in [-0.1, -0.05) is 18.2 Å². The molecule has 1 aromatic rings. The molecule has 11 heteroatoms. The Morgan fingerprint density at radius 3 is 2.26 bits per heavy atom. The second kappa shape index (κ2) is 9.26. The average Bonchev–Trinajstić information content (AvgIpc) is 3.27. The highest BCUT2D eigenvalue weighted by Gasteiger charge is 2.45. The van der Waals surface area contributed by atoms with Gasteiger partial charge in [-0.05, 0) is 25.0 Å². The van der Waals surface area contributed by atoms with E-state index in [-0.39, 0.29) is 29.9 Å². The van der Waals surface area contributed by atoms with Crippen molar-refractivity contribution in [2.45, 2.75) is 32.5 Å². The predicted octanol–water partition coefficient (Wildman–Crippen LogP) is 1.39. The predicted molar refractivity (Wildman–Crippen MR) is 119 cm³/mol. The van der Waals surface area contributed by atoms with Crippen molar-refractivity contribution in [3.63, 3.8) is 0 Å². The second-order valence-corrected chi connectivity index (χ2v) is 8.55. The lowest BCUT2D eigenvalue weighted by atomic mass is 9.96. The Hall–Kier alpha value is -3.73. The molecule has 34 heavy (non-hydrogen) atoms. The molecule has 3 heterocycles. The van der Waals surface area contributed by atoms with Gasteiger partial charge >= 0.3 is 11.9 Å². The first kappa shape index (κ1) is 23.4. The van der Waals surface area contributed by atoms with E-state index in [0.29, 0.717) is 37.5 Å². The van der Waals surface area contributed by atoms with Crippen LogP contribution in [-0.2, 0) is 33.4 Å². The number of ether oxygens (including phenoxy) is 3. The SMILES string of the molecule is CON1C=C(N(C(=C2C(=O)OC(C)(C)OC2=O)N2CCC(C(N)=O)CC2)c2ccccc2)OC1. The zero-order valence-corrected chi connectivity index (χ0v) is 19.4. The van der Waals surface area contributed by atoms with E-state index in [1.807, 2.05) is 35.2 Å². The van der Waals surface area contributed by atoms with E-state index in [1.165, 1.54) is 26.0 Å². The van der Waals surface area contributed by atoms with Crippen LogP contribution in [0.15, 0.2) is 53.8 Å². The minimum absolute atomic E-state index is 0.115. The number of hydroxylamine groups is 2. The van der Waals surface area contributed by atoms with E-state index in [2.05, 4.69) is 0 Å². The monoisotopic (exact) mass is 472 g/mol. The van der Waals surface area contributed by atoms with E-state index < -0.39 is 17.7 Å². The van der Waals surface area contributed by atoms with Gasteiger partial charge in [0, 0.05) is 32.9 Å². The number of primary amides is 1. The van der Waals surface area contributed by atoms with Crippen molar-refractivity contribution in [1.82, 2.24) is 9.96 Å². The maximum absolute atomic E-state index is 13.1. The lowest BCUT2D eigenvalue weighted by Gasteiger charge is -2.41. The highest BCUT2D eigenvalue weighted by molar-refractivity contribution is 6.16. The maximum Gasteiger partial charge on any atom is 0.352 e. The number of nitrogens with zero attached hydrogens (tertiary/aromatic N) is 3. The smallest absolute Gasteiger partial charge is 0.352 e. The van der Waals surface area contributed by atoms with Gasteiger partial charge in [-0.2, -0.15) is 0 Å². The Balaban J connectivity index is 1.86. The summed E-state index contributed by atoms with van der Waals surface area (Å²) < 4.78 is 16.7. The van der Waals surface area contributed by atoms with Gasteiger partial charge in [-0.3, -0.25) is 14.5 Å². The number of hydrogen-bond donors (Lipinski definition) is 1. The number of rotatable bonds is 6. The first-order valence-corrected chi connectivity index (χ1v) is 11.0. The van der Waals surface area contributed by atoms with E-state index in [1.54, 1.807) is 11.1 Å². The topological polar surface area (TPSA) is 124 Å². The first-order chi connectivity index (χ1) is 16.2. The number of piperidine rings is 1. The van der Waals surface area contributed by atoms with E-state index >= 15 is 0 Å². The zero-order valence-electron chi connectivity index (χ0n) is 19.4. The molecule has 1 amide bonds. The fourth-order valence-electron chi connectivity index (χ4n) is 4.11. The molecule has 0 spiro atoms. The summed E-state index contributed by atoms with van der Waals surface area (Å²) in [5.41, 5.74) is 5.88. The molecular weight excluding hydrogens is 444 g/mol. The number of likely N-dealkylation sites (tertiary alicyclic amines) is 1. The lowest BCUT2D eigenvalue weighted by Crippen LogP contribution is -2.48. The number of amides is 1. The number of carbonyl (C=O) groups is 3. The summed E-state index contributed by atoms with van der Waals surface area (Å²) in [5.74, 6) is -3.10. The van der Waals surface area contributed by atoms with Crippen LogP contribution in [0.3, 0.4) is 0 Å². The molecule has 182 valence electrons. The van der Waals surface area contributed by atoms with E-state index in [9.17, 15) is 14.4 Å². The van der Waals surface area contributed by atoms with Gasteiger partial charge in [0.05, 0.1) is 19.0 Å². The van der Waals surface area contributed by atoms with Crippen molar-refractivity contribution in [3.05, 3.63) is 53.8 Å². The number of anilines is 1. The number of para-hydroxylation sites is 1. The van der Waals surface area contributed by atoms with Crippen LogP contribution in [0.25, 0.3) is 0 Å².